The highest BCUT2D eigenvalue weighted by molar-refractivity contribution is 4.98. The highest BCUT2D eigenvalue weighted by Gasteiger charge is 2.03. The van der Waals surface area contributed by atoms with Crippen LogP contribution in [0.15, 0.2) is 0 Å². The average Bonchev–Trinajstić information content (AvgIpc) is 2.22. The van der Waals surface area contributed by atoms with Crippen molar-refractivity contribution < 1.29 is 0 Å². The summed E-state index contributed by atoms with van der Waals surface area (Å²) in [6.45, 7) is 6.76. The van der Waals surface area contributed by atoms with Crippen LogP contribution in [0.5, 0.6) is 0 Å². The van der Waals surface area contributed by atoms with E-state index in [-0.39, 0.29) is 0 Å². The molecular weight excluding hydrogens is 168 g/mol. The molecule has 82 valence electrons. The minimum absolute atomic E-state index is 0.922. The standard InChI is InChI=1S/C14H26/c1-4-7-9-10-11-13-14(6-3)12-8-5-2/h14H,4-8,11-13H2,1-3H3. The first kappa shape index (κ1) is 13.6. The van der Waals surface area contributed by atoms with Gasteiger partial charge in [-0.3, -0.25) is 0 Å². The molecule has 0 radical (unpaired) electrons. The predicted octanol–water partition coefficient (Wildman–Crippen LogP) is 4.79. The lowest BCUT2D eigenvalue weighted by atomic mass is 9.94. The Labute approximate surface area is 90.5 Å². The van der Waals surface area contributed by atoms with Crippen molar-refractivity contribution in [1.82, 2.24) is 0 Å². The molecule has 0 saturated heterocycles. The minimum Gasteiger partial charge on any atom is -0.103 e. The van der Waals surface area contributed by atoms with E-state index in [9.17, 15) is 0 Å². The molecule has 0 aromatic carbocycles. The van der Waals surface area contributed by atoms with E-state index in [1.54, 1.807) is 0 Å². The Morgan fingerprint density at radius 3 is 2.14 bits per heavy atom. The second-order valence-corrected chi connectivity index (χ2v) is 4.06. The second kappa shape index (κ2) is 10.6. The van der Waals surface area contributed by atoms with Crippen LogP contribution >= 0.6 is 0 Å². The van der Waals surface area contributed by atoms with Gasteiger partial charge in [-0.15, -0.1) is 11.8 Å². The third-order valence-electron chi connectivity index (χ3n) is 2.72. The normalized spacial score (nSPS) is 11.9. The van der Waals surface area contributed by atoms with E-state index in [2.05, 4.69) is 32.6 Å². The van der Waals surface area contributed by atoms with Crippen LogP contribution in [0, 0.1) is 17.8 Å². The van der Waals surface area contributed by atoms with Crippen molar-refractivity contribution in [2.24, 2.45) is 5.92 Å². The maximum Gasteiger partial charge on any atom is 0.00913 e. The molecule has 0 aliphatic rings. The first-order valence-corrected chi connectivity index (χ1v) is 6.30. The zero-order valence-electron chi connectivity index (χ0n) is 10.2. The Morgan fingerprint density at radius 2 is 1.57 bits per heavy atom. The molecule has 0 aliphatic carbocycles. The highest BCUT2D eigenvalue weighted by atomic mass is 14.1. The van der Waals surface area contributed by atoms with Crippen molar-refractivity contribution in [3.8, 4) is 11.8 Å². The molecule has 0 bridgehead atoms. The smallest absolute Gasteiger partial charge is 0.00913 e. The van der Waals surface area contributed by atoms with Crippen LogP contribution in [-0.2, 0) is 0 Å². The summed E-state index contributed by atoms with van der Waals surface area (Å²) >= 11 is 0. The largest absolute Gasteiger partial charge is 0.103 e. The molecule has 0 heteroatoms. The molecule has 0 N–H and O–H groups in total. The van der Waals surface area contributed by atoms with Gasteiger partial charge in [-0.1, -0.05) is 46.5 Å². The molecular formula is C14H26. The lowest BCUT2D eigenvalue weighted by Gasteiger charge is -2.11. The van der Waals surface area contributed by atoms with E-state index >= 15 is 0 Å². The van der Waals surface area contributed by atoms with Crippen molar-refractivity contribution in [3.63, 3.8) is 0 Å². The summed E-state index contributed by atoms with van der Waals surface area (Å²) in [7, 11) is 0. The summed E-state index contributed by atoms with van der Waals surface area (Å²) in [5.74, 6) is 7.42. The van der Waals surface area contributed by atoms with E-state index < -0.39 is 0 Å². The van der Waals surface area contributed by atoms with E-state index in [0.717, 1.165) is 18.8 Å². The Morgan fingerprint density at radius 1 is 0.857 bits per heavy atom. The molecule has 1 atom stereocenters. The van der Waals surface area contributed by atoms with Crippen LogP contribution in [0.2, 0.25) is 0 Å². The molecule has 0 nitrogen and oxygen atoms in total. The maximum absolute atomic E-state index is 3.28. The minimum atomic E-state index is 0.922. The summed E-state index contributed by atoms with van der Waals surface area (Å²) in [4.78, 5) is 0. The average molecular weight is 194 g/mol. The van der Waals surface area contributed by atoms with E-state index in [4.69, 9.17) is 0 Å². The Balaban J connectivity index is 3.48. The van der Waals surface area contributed by atoms with Crippen molar-refractivity contribution in [2.45, 2.75) is 72.1 Å². The van der Waals surface area contributed by atoms with Gasteiger partial charge in [-0.25, -0.2) is 0 Å². The van der Waals surface area contributed by atoms with Gasteiger partial charge in [-0.05, 0) is 18.8 Å². The quantitative estimate of drug-likeness (QED) is 0.511. The summed E-state index contributed by atoms with van der Waals surface area (Å²) < 4.78 is 0. The van der Waals surface area contributed by atoms with Gasteiger partial charge in [-0.2, -0.15) is 0 Å². The first-order chi connectivity index (χ1) is 6.85. The topological polar surface area (TPSA) is 0 Å². The monoisotopic (exact) mass is 194 g/mol. The van der Waals surface area contributed by atoms with Crippen molar-refractivity contribution in [1.29, 1.82) is 0 Å². The van der Waals surface area contributed by atoms with Gasteiger partial charge in [0.05, 0.1) is 0 Å². The van der Waals surface area contributed by atoms with Gasteiger partial charge in [0.2, 0.25) is 0 Å². The number of unbranched alkanes of at least 4 members (excludes halogenated alkanes) is 2. The molecule has 0 heterocycles. The summed E-state index contributed by atoms with van der Waals surface area (Å²) in [5.41, 5.74) is 0. The molecule has 0 aromatic heterocycles. The van der Waals surface area contributed by atoms with Gasteiger partial charge < -0.3 is 0 Å². The lowest BCUT2D eigenvalue weighted by molar-refractivity contribution is 0.427. The van der Waals surface area contributed by atoms with Crippen LogP contribution < -0.4 is 0 Å². The number of hydrogen-bond donors (Lipinski definition) is 0. The number of hydrogen-bond acceptors (Lipinski definition) is 0. The van der Waals surface area contributed by atoms with Crippen LogP contribution in [0.4, 0.5) is 0 Å². The fourth-order valence-corrected chi connectivity index (χ4v) is 1.62. The van der Waals surface area contributed by atoms with Crippen LogP contribution in [0.25, 0.3) is 0 Å². The molecule has 0 spiro atoms. The SMILES string of the molecule is CCCC#CCCC(CC)CCCC. The molecule has 1 unspecified atom stereocenters. The molecule has 0 amide bonds. The van der Waals surface area contributed by atoms with Crippen molar-refractivity contribution in [3.05, 3.63) is 0 Å². The van der Waals surface area contributed by atoms with Gasteiger partial charge in [0.1, 0.15) is 0 Å². The fraction of sp³-hybridized carbons (Fsp3) is 0.857. The van der Waals surface area contributed by atoms with E-state index in [1.807, 2.05) is 0 Å². The van der Waals surface area contributed by atoms with Gasteiger partial charge in [0, 0.05) is 12.8 Å². The maximum atomic E-state index is 3.28. The zero-order chi connectivity index (χ0) is 10.6. The Bertz CT molecular complexity index is 159. The van der Waals surface area contributed by atoms with Crippen molar-refractivity contribution in [2.75, 3.05) is 0 Å². The molecule has 0 aromatic rings. The zero-order valence-corrected chi connectivity index (χ0v) is 10.2. The third-order valence-corrected chi connectivity index (χ3v) is 2.72. The van der Waals surface area contributed by atoms with Gasteiger partial charge in [0.25, 0.3) is 0 Å². The highest BCUT2D eigenvalue weighted by Crippen LogP contribution is 2.17. The van der Waals surface area contributed by atoms with E-state index in [1.165, 1.54) is 38.5 Å². The second-order valence-electron chi connectivity index (χ2n) is 4.06. The van der Waals surface area contributed by atoms with Crippen molar-refractivity contribution >= 4 is 0 Å². The molecule has 0 rings (SSSR count). The predicted molar refractivity (Wildman–Crippen MR) is 65.2 cm³/mol. The van der Waals surface area contributed by atoms with Gasteiger partial charge in [0.15, 0.2) is 0 Å². The van der Waals surface area contributed by atoms with Crippen LogP contribution in [0.1, 0.15) is 72.1 Å². The lowest BCUT2D eigenvalue weighted by Crippen LogP contribution is -1.97. The molecule has 0 saturated carbocycles. The molecule has 14 heavy (non-hydrogen) atoms. The molecule has 0 aliphatic heterocycles. The van der Waals surface area contributed by atoms with E-state index in [0.29, 0.717) is 0 Å². The summed E-state index contributed by atoms with van der Waals surface area (Å²) in [6.07, 6.45) is 10.2. The molecule has 0 fully saturated rings. The van der Waals surface area contributed by atoms with Crippen LogP contribution in [-0.4, -0.2) is 0 Å². The first-order valence-electron chi connectivity index (χ1n) is 6.30. The Kier molecular flexibility index (Phi) is 10.3. The van der Waals surface area contributed by atoms with Gasteiger partial charge >= 0.3 is 0 Å². The Hall–Kier alpha value is -0.440. The number of rotatable bonds is 7. The third kappa shape index (κ3) is 8.17. The summed E-state index contributed by atoms with van der Waals surface area (Å²) in [5, 5.41) is 0. The summed E-state index contributed by atoms with van der Waals surface area (Å²) in [6, 6.07) is 0. The fourth-order valence-electron chi connectivity index (χ4n) is 1.62. The van der Waals surface area contributed by atoms with Crippen LogP contribution in [0.3, 0.4) is 0 Å².